The average molecular weight is 227 g/mol. The molecule has 0 aromatic rings. The summed E-state index contributed by atoms with van der Waals surface area (Å²) in [5, 5.41) is 8.99. The highest BCUT2D eigenvalue weighted by Gasteiger charge is 2.35. The van der Waals surface area contributed by atoms with Crippen LogP contribution in [0, 0.1) is 5.92 Å². The molecule has 0 bridgehead atoms. The fourth-order valence-electron chi connectivity index (χ4n) is 1.94. The predicted octanol–water partition coefficient (Wildman–Crippen LogP) is 1.49. The van der Waals surface area contributed by atoms with E-state index in [-0.39, 0.29) is 12.6 Å². The Hall–Kier alpha value is -1.52. The van der Waals surface area contributed by atoms with Gasteiger partial charge in [-0.05, 0) is 19.8 Å². The monoisotopic (exact) mass is 227 g/mol. The number of hydrogen-bond acceptors (Lipinski definition) is 3. The van der Waals surface area contributed by atoms with Gasteiger partial charge in [0.25, 0.3) is 0 Å². The van der Waals surface area contributed by atoms with Crippen molar-refractivity contribution in [1.82, 2.24) is 4.90 Å². The van der Waals surface area contributed by atoms with Crippen molar-refractivity contribution in [2.45, 2.75) is 25.8 Å². The Bertz CT molecular complexity index is 290. The summed E-state index contributed by atoms with van der Waals surface area (Å²) in [4.78, 5) is 24.0. The van der Waals surface area contributed by atoms with E-state index in [4.69, 9.17) is 9.84 Å². The van der Waals surface area contributed by atoms with E-state index in [1.165, 1.54) is 11.0 Å². The summed E-state index contributed by atoms with van der Waals surface area (Å²) < 4.78 is 4.91. The van der Waals surface area contributed by atoms with Gasteiger partial charge in [0.2, 0.25) is 0 Å². The molecule has 2 atom stereocenters. The standard InChI is InChI=1S/C11H17NO4/c1-3-7-16-11(15)12-6-4-5-9(8(12)2)10(13)14/h3,8-9H,1,4-7H2,2H3,(H,13,14). The Morgan fingerprint density at radius 3 is 2.88 bits per heavy atom. The number of ether oxygens (including phenoxy) is 1. The van der Waals surface area contributed by atoms with Gasteiger partial charge in [-0.25, -0.2) is 4.79 Å². The highest BCUT2D eigenvalue weighted by Crippen LogP contribution is 2.24. The van der Waals surface area contributed by atoms with E-state index in [9.17, 15) is 9.59 Å². The molecule has 1 heterocycles. The molecule has 5 heteroatoms. The summed E-state index contributed by atoms with van der Waals surface area (Å²) in [5.74, 6) is -1.35. The van der Waals surface area contributed by atoms with Crippen LogP contribution < -0.4 is 0 Å². The first-order valence-electron chi connectivity index (χ1n) is 5.35. The zero-order valence-electron chi connectivity index (χ0n) is 9.39. The molecule has 0 aromatic carbocycles. The Balaban J connectivity index is 2.62. The van der Waals surface area contributed by atoms with Crippen molar-refractivity contribution in [2.75, 3.05) is 13.2 Å². The second-order valence-corrected chi connectivity index (χ2v) is 3.89. The Labute approximate surface area is 94.7 Å². The average Bonchev–Trinajstić information content (AvgIpc) is 2.25. The molecule has 2 unspecified atom stereocenters. The smallest absolute Gasteiger partial charge is 0.410 e. The van der Waals surface area contributed by atoms with Crippen molar-refractivity contribution >= 4 is 12.1 Å². The minimum absolute atomic E-state index is 0.153. The molecule has 90 valence electrons. The summed E-state index contributed by atoms with van der Waals surface area (Å²) in [6.45, 7) is 5.90. The van der Waals surface area contributed by atoms with Crippen LogP contribution in [-0.2, 0) is 9.53 Å². The third-order valence-corrected chi connectivity index (χ3v) is 2.86. The van der Waals surface area contributed by atoms with E-state index in [0.717, 1.165) is 0 Å². The fourth-order valence-corrected chi connectivity index (χ4v) is 1.94. The van der Waals surface area contributed by atoms with Crippen LogP contribution in [0.3, 0.4) is 0 Å². The van der Waals surface area contributed by atoms with Gasteiger partial charge < -0.3 is 14.7 Å². The molecular weight excluding hydrogens is 210 g/mol. The number of carboxylic acid groups (broad SMARTS) is 1. The molecule has 0 saturated carbocycles. The maximum Gasteiger partial charge on any atom is 0.410 e. The number of aliphatic carboxylic acids is 1. The maximum atomic E-state index is 11.6. The van der Waals surface area contributed by atoms with Gasteiger partial charge in [0.1, 0.15) is 6.61 Å². The minimum atomic E-state index is -0.853. The first-order valence-corrected chi connectivity index (χ1v) is 5.35. The van der Waals surface area contributed by atoms with Gasteiger partial charge in [-0.2, -0.15) is 0 Å². The van der Waals surface area contributed by atoms with E-state index in [1.54, 1.807) is 6.92 Å². The zero-order valence-corrected chi connectivity index (χ0v) is 9.39. The van der Waals surface area contributed by atoms with E-state index in [0.29, 0.717) is 19.4 Å². The third kappa shape index (κ3) is 2.74. The second kappa shape index (κ2) is 5.53. The van der Waals surface area contributed by atoms with Crippen molar-refractivity contribution < 1.29 is 19.4 Å². The lowest BCUT2D eigenvalue weighted by Crippen LogP contribution is -2.49. The summed E-state index contributed by atoms with van der Waals surface area (Å²) >= 11 is 0. The largest absolute Gasteiger partial charge is 0.481 e. The topological polar surface area (TPSA) is 66.8 Å². The van der Waals surface area contributed by atoms with Crippen LogP contribution in [0.15, 0.2) is 12.7 Å². The normalized spacial score (nSPS) is 24.9. The molecule has 0 aromatic heterocycles. The Morgan fingerprint density at radius 2 is 2.31 bits per heavy atom. The number of carbonyl (C=O) groups is 2. The molecule has 16 heavy (non-hydrogen) atoms. The van der Waals surface area contributed by atoms with Gasteiger partial charge in [0.15, 0.2) is 0 Å². The highest BCUT2D eigenvalue weighted by atomic mass is 16.6. The molecule has 0 aliphatic carbocycles. The number of amides is 1. The molecule has 1 rings (SSSR count). The van der Waals surface area contributed by atoms with Crippen LogP contribution in [0.2, 0.25) is 0 Å². The molecule has 1 fully saturated rings. The Kier molecular flexibility index (Phi) is 4.34. The molecule has 1 amide bonds. The summed E-state index contributed by atoms with van der Waals surface area (Å²) in [6, 6.07) is -0.316. The quantitative estimate of drug-likeness (QED) is 0.742. The molecule has 1 saturated heterocycles. The molecular formula is C11H17NO4. The summed E-state index contributed by atoms with van der Waals surface area (Å²) in [7, 11) is 0. The zero-order chi connectivity index (χ0) is 12.1. The predicted molar refractivity (Wildman–Crippen MR) is 58.1 cm³/mol. The van der Waals surface area contributed by atoms with Crippen molar-refractivity contribution in [3.8, 4) is 0 Å². The minimum Gasteiger partial charge on any atom is -0.481 e. The van der Waals surface area contributed by atoms with Gasteiger partial charge in [-0.3, -0.25) is 4.79 Å². The van der Waals surface area contributed by atoms with Gasteiger partial charge in [0.05, 0.1) is 5.92 Å². The summed E-state index contributed by atoms with van der Waals surface area (Å²) in [5.41, 5.74) is 0. The van der Waals surface area contributed by atoms with Crippen LogP contribution in [0.1, 0.15) is 19.8 Å². The first kappa shape index (κ1) is 12.5. The van der Waals surface area contributed by atoms with Crippen LogP contribution in [0.4, 0.5) is 4.79 Å². The van der Waals surface area contributed by atoms with Gasteiger partial charge in [-0.15, -0.1) is 0 Å². The maximum absolute atomic E-state index is 11.6. The van der Waals surface area contributed by atoms with Crippen molar-refractivity contribution in [2.24, 2.45) is 5.92 Å². The van der Waals surface area contributed by atoms with E-state index < -0.39 is 18.0 Å². The number of piperidine rings is 1. The molecule has 5 nitrogen and oxygen atoms in total. The van der Waals surface area contributed by atoms with Crippen LogP contribution in [-0.4, -0.2) is 41.3 Å². The fraction of sp³-hybridized carbons (Fsp3) is 0.636. The van der Waals surface area contributed by atoms with Crippen LogP contribution in [0.25, 0.3) is 0 Å². The van der Waals surface area contributed by atoms with Crippen LogP contribution >= 0.6 is 0 Å². The highest BCUT2D eigenvalue weighted by molar-refractivity contribution is 5.74. The third-order valence-electron chi connectivity index (χ3n) is 2.86. The van der Waals surface area contributed by atoms with Crippen molar-refractivity contribution in [3.05, 3.63) is 12.7 Å². The Morgan fingerprint density at radius 1 is 1.62 bits per heavy atom. The van der Waals surface area contributed by atoms with E-state index >= 15 is 0 Å². The number of carbonyl (C=O) groups excluding carboxylic acids is 1. The number of nitrogens with zero attached hydrogens (tertiary/aromatic N) is 1. The lowest BCUT2D eigenvalue weighted by molar-refractivity contribution is -0.145. The van der Waals surface area contributed by atoms with Crippen molar-refractivity contribution in [1.29, 1.82) is 0 Å². The van der Waals surface area contributed by atoms with Crippen molar-refractivity contribution in [3.63, 3.8) is 0 Å². The number of rotatable bonds is 3. The van der Waals surface area contributed by atoms with E-state index in [2.05, 4.69) is 6.58 Å². The lowest BCUT2D eigenvalue weighted by Gasteiger charge is -2.36. The molecule has 0 radical (unpaired) electrons. The van der Waals surface area contributed by atoms with E-state index in [1.807, 2.05) is 0 Å². The van der Waals surface area contributed by atoms with Gasteiger partial charge >= 0.3 is 12.1 Å². The number of hydrogen-bond donors (Lipinski definition) is 1. The molecule has 0 spiro atoms. The molecule has 1 aliphatic rings. The second-order valence-electron chi connectivity index (χ2n) is 3.89. The van der Waals surface area contributed by atoms with Gasteiger partial charge in [-0.1, -0.05) is 12.7 Å². The first-order chi connectivity index (χ1) is 7.57. The number of carboxylic acids is 1. The molecule has 1 N–H and O–H groups in total. The molecule has 1 aliphatic heterocycles. The van der Waals surface area contributed by atoms with Crippen LogP contribution in [0.5, 0.6) is 0 Å². The SMILES string of the molecule is C=CCOC(=O)N1CCCC(C(=O)O)C1C. The number of likely N-dealkylation sites (tertiary alicyclic amines) is 1. The lowest BCUT2D eigenvalue weighted by atomic mass is 9.91. The van der Waals surface area contributed by atoms with Gasteiger partial charge in [0, 0.05) is 12.6 Å². The summed E-state index contributed by atoms with van der Waals surface area (Å²) in [6.07, 6.45) is 2.34.